The number of carboxylic acids is 1. The largest absolute Gasteiger partial charge is 0.495 e. The van der Waals surface area contributed by atoms with E-state index in [9.17, 15) is 18.0 Å². The first kappa shape index (κ1) is 20.9. The van der Waals surface area contributed by atoms with E-state index in [1.165, 1.54) is 31.5 Å². The van der Waals surface area contributed by atoms with Crippen molar-refractivity contribution in [3.63, 3.8) is 0 Å². The van der Waals surface area contributed by atoms with Crippen LogP contribution in [0.5, 0.6) is 5.75 Å². The van der Waals surface area contributed by atoms with Crippen LogP contribution in [0, 0.1) is 0 Å². The molecule has 0 atom stereocenters. The molecule has 0 aliphatic carbocycles. The molecule has 2 aromatic carbocycles. The van der Waals surface area contributed by atoms with Gasteiger partial charge in [-0.25, -0.2) is 18.6 Å². The van der Waals surface area contributed by atoms with Crippen LogP contribution in [-0.4, -0.2) is 51.5 Å². The molecule has 0 bridgehead atoms. The topological polar surface area (TPSA) is 125 Å². The number of rotatable bonds is 8. The molecule has 2 rings (SSSR count). The zero-order valence-corrected chi connectivity index (χ0v) is 16.0. The van der Waals surface area contributed by atoms with E-state index in [4.69, 9.17) is 9.84 Å². The third-order valence-electron chi connectivity index (χ3n) is 3.63. The minimum Gasteiger partial charge on any atom is -0.495 e. The van der Waals surface area contributed by atoms with Crippen molar-refractivity contribution in [2.24, 2.45) is 5.10 Å². The highest BCUT2D eigenvalue weighted by Crippen LogP contribution is 2.29. The van der Waals surface area contributed by atoms with Crippen LogP contribution in [0.15, 0.2) is 53.6 Å². The van der Waals surface area contributed by atoms with Crippen LogP contribution >= 0.6 is 0 Å². The number of carbonyl (C=O) groups is 2. The van der Waals surface area contributed by atoms with E-state index < -0.39 is 28.4 Å². The molecule has 0 spiro atoms. The number of sulfonamides is 1. The number of amides is 1. The Morgan fingerprint density at radius 3 is 2.46 bits per heavy atom. The summed E-state index contributed by atoms with van der Waals surface area (Å²) in [7, 11) is -2.39. The highest BCUT2D eigenvalue weighted by Gasteiger charge is 2.23. The van der Waals surface area contributed by atoms with Gasteiger partial charge in [0.25, 0.3) is 5.91 Å². The highest BCUT2D eigenvalue weighted by molar-refractivity contribution is 7.92. The Labute approximate surface area is 162 Å². The summed E-state index contributed by atoms with van der Waals surface area (Å²) >= 11 is 0. The molecule has 0 saturated heterocycles. The van der Waals surface area contributed by atoms with Crippen molar-refractivity contribution in [1.29, 1.82) is 0 Å². The summed E-state index contributed by atoms with van der Waals surface area (Å²) in [5, 5.41) is 12.8. The Kier molecular flexibility index (Phi) is 6.72. The lowest BCUT2D eigenvalue weighted by Gasteiger charge is -2.23. The smallest absolute Gasteiger partial charge is 0.336 e. The maximum Gasteiger partial charge on any atom is 0.336 e. The molecule has 10 heteroatoms. The summed E-state index contributed by atoms with van der Waals surface area (Å²) in [6.45, 7) is -0.531. The van der Waals surface area contributed by atoms with Gasteiger partial charge in [0.2, 0.25) is 10.0 Å². The molecule has 0 aromatic heterocycles. The molecular weight excluding hydrogens is 386 g/mol. The number of hydrogen-bond donors (Lipinski definition) is 2. The monoisotopic (exact) mass is 405 g/mol. The molecule has 0 heterocycles. The Morgan fingerprint density at radius 1 is 1.18 bits per heavy atom. The van der Waals surface area contributed by atoms with E-state index in [1.807, 2.05) is 0 Å². The number of para-hydroxylation sites is 2. The molecule has 0 unspecified atom stereocenters. The number of carboxylic acid groups (broad SMARTS) is 1. The van der Waals surface area contributed by atoms with Crippen LogP contribution in [0.2, 0.25) is 0 Å². The first-order valence-corrected chi connectivity index (χ1v) is 9.84. The van der Waals surface area contributed by atoms with Gasteiger partial charge in [0.15, 0.2) is 0 Å². The Balaban J connectivity index is 2.16. The van der Waals surface area contributed by atoms with E-state index in [-0.39, 0.29) is 11.3 Å². The quantitative estimate of drug-likeness (QED) is 0.504. The van der Waals surface area contributed by atoms with Gasteiger partial charge in [-0.2, -0.15) is 5.10 Å². The molecule has 2 N–H and O–H groups in total. The molecular formula is C18H19N3O6S. The predicted octanol–water partition coefficient (Wildman–Crippen LogP) is 1.31. The first-order chi connectivity index (χ1) is 13.2. The van der Waals surface area contributed by atoms with E-state index in [0.717, 1.165) is 10.6 Å². The van der Waals surface area contributed by atoms with Crippen molar-refractivity contribution < 1.29 is 27.9 Å². The van der Waals surface area contributed by atoms with Crippen molar-refractivity contribution in [3.05, 3.63) is 59.7 Å². The normalized spacial score (nSPS) is 11.2. The number of benzene rings is 2. The van der Waals surface area contributed by atoms with E-state index in [2.05, 4.69) is 10.5 Å². The number of ether oxygens (including phenoxy) is 1. The van der Waals surface area contributed by atoms with Gasteiger partial charge in [0.1, 0.15) is 12.3 Å². The highest BCUT2D eigenvalue weighted by atomic mass is 32.2. The second-order valence-corrected chi connectivity index (χ2v) is 7.53. The lowest BCUT2D eigenvalue weighted by molar-refractivity contribution is -0.119. The van der Waals surface area contributed by atoms with Gasteiger partial charge in [0, 0.05) is 5.56 Å². The molecule has 0 fully saturated rings. The lowest BCUT2D eigenvalue weighted by Crippen LogP contribution is -2.39. The number of anilines is 1. The van der Waals surface area contributed by atoms with Crippen molar-refractivity contribution >= 4 is 33.8 Å². The molecule has 2 aromatic rings. The Bertz CT molecular complexity index is 1000. The number of nitrogens with one attached hydrogen (secondary N) is 1. The van der Waals surface area contributed by atoms with E-state index >= 15 is 0 Å². The van der Waals surface area contributed by atoms with Gasteiger partial charge in [-0.15, -0.1) is 0 Å². The molecule has 28 heavy (non-hydrogen) atoms. The predicted molar refractivity (Wildman–Crippen MR) is 104 cm³/mol. The average molecular weight is 405 g/mol. The number of nitrogens with zero attached hydrogens (tertiary/aromatic N) is 2. The summed E-state index contributed by atoms with van der Waals surface area (Å²) < 4.78 is 30.3. The van der Waals surface area contributed by atoms with Gasteiger partial charge >= 0.3 is 5.97 Å². The molecule has 0 radical (unpaired) electrons. The van der Waals surface area contributed by atoms with Gasteiger partial charge in [-0.1, -0.05) is 30.3 Å². The SMILES string of the molecule is COc1ccccc1N(CC(=O)NN=Cc1ccccc1C(=O)O)S(C)(=O)=O. The summed E-state index contributed by atoms with van der Waals surface area (Å²) in [6.07, 6.45) is 2.15. The van der Waals surface area contributed by atoms with Crippen LogP contribution < -0.4 is 14.5 Å². The molecule has 0 aliphatic rings. The summed E-state index contributed by atoms with van der Waals surface area (Å²) in [5.74, 6) is -1.55. The van der Waals surface area contributed by atoms with Gasteiger partial charge in [-0.05, 0) is 18.2 Å². The fraction of sp³-hybridized carbons (Fsp3) is 0.167. The average Bonchev–Trinajstić information content (AvgIpc) is 2.65. The molecule has 1 amide bonds. The van der Waals surface area contributed by atoms with Gasteiger partial charge < -0.3 is 9.84 Å². The third kappa shape index (κ3) is 5.30. The van der Waals surface area contributed by atoms with E-state index in [0.29, 0.717) is 11.3 Å². The molecule has 9 nitrogen and oxygen atoms in total. The standard InChI is InChI=1S/C18H19N3O6S/c1-27-16-10-6-5-9-15(16)21(28(2,25)26)12-17(22)20-19-11-13-7-3-4-8-14(13)18(23)24/h3-11H,12H2,1-2H3,(H,20,22)(H,23,24). The zero-order valence-electron chi connectivity index (χ0n) is 15.2. The van der Waals surface area contributed by atoms with Crippen molar-refractivity contribution in [3.8, 4) is 5.75 Å². The van der Waals surface area contributed by atoms with Crippen molar-refractivity contribution in [2.75, 3.05) is 24.2 Å². The number of aromatic carboxylic acids is 1. The van der Waals surface area contributed by atoms with Crippen LogP contribution in [-0.2, 0) is 14.8 Å². The second-order valence-electron chi connectivity index (χ2n) is 5.63. The molecule has 148 valence electrons. The number of hydrogen-bond acceptors (Lipinski definition) is 6. The maximum absolute atomic E-state index is 12.2. The van der Waals surface area contributed by atoms with Crippen LogP contribution in [0.4, 0.5) is 5.69 Å². The zero-order chi connectivity index (χ0) is 20.7. The van der Waals surface area contributed by atoms with Crippen LogP contribution in [0.25, 0.3) is 0 Å². The minimum atomic E-state index is -3.78. The number of carbonyl (C=O) groups excluding carboxylic acids is 1. The first-order valence-electron chi connectivity index (χ1n) is 7.99. The minimum absolute atomic E-state index is 0.0206. The van der Waals surface area contributed by atoms with E-state index in [1.54, 1.807) is 30.3 Å². The van der Waals surface area contributed by atoms with Gasteiger partial charge in [-0.3, -0.25) is 9.10 Å². The van der Waals surface area contributed by atoms with Crippen LogP contribution in [0.1, 0.15) is 15.9 Å². The number of hydrazone groups is 1. The second kappa shape index (κ2) is 9.00. The Hall–Kier alpha value is -3.40. The van der Waals surface area contributed by atoms with Gasteiger partial charge in [0.05, 0.1) is 30.8 Å². The summed E-state index contributed by atoms with van der Waals surface area (Å²) in [5.41, 5.74) is 2.72. The van der Waals surface area contributed by atoms with Crippen molar-refractivity contribution in [2.45, 2.75) is 0 Å². The maximum atomic E-state index is 12.2. The summed E-state index contributed by atoms with van der Waals surface area (Å²) in [4.78, 5) is 23.4. The number of methoxy groups -OCH3 is 1. The molecule has 0 saturated carbocycles. The fourth-order valence-electron chi connectivity index (χ4n) is 2.36. The summed E-state index contributed by atoms with van der Waals surface area (Å²) in [6, 6.07) is 12.5. The van der Waals surface area contributed by atoms with Crippen molar-refractivity contribution in [1.82, 2.24) is 5.43 Å². The Morgan fingerprint density at radius 2 is 1.82 bits per heavy atom. The van der Waals surface area contributed by atoms with Crippen LogP contribution in [0.3, 0.4) is 0 Å². The third-order valence-corrected chi connectivity index (χ3v) is 4.75. The lowest BCUT2D eigenvalue weighted by atomic mass is 10.1. The molecule has 0 aliphatic heterocycles. The fourth-order valence-corrected chi connectivity index (χ4v) is 3.22.